The molecule has 0 bridgehead atoms. The molecule has 0 saturated heterocycles. The molecule has 0 nitrogen and oxygen atoms in total. The average Bonchev–Trinajstić information content (AvgIpc) is 2.29. The van der Waals surface area contributed by atoms with E-state index in [1.165, 1.54) is 25.7 Å². The third-order valence-electron chi connectivity index (χ3n) is 4.24. The molecule has 0 amide bonds. The van der Waals surface area contributed by atoms with Crippen LogP contribution in [0.1, 0.15) is 38.5 Å². The fourth-order valence-corrected chi connectivity index (χ4v) is 3.47. The number of hydrogen-bond donors (Lipinski definition) is 0. The Labute approximate surface area is 86.5 Å². The summed E-state index contributed by atoms with van der Waals surface area (Å²) in [6.45, 7) is 0. The van der Waals surface area contributed by atoms with E-state index >= 15 is 0 Å². The number of fused-ring (bicyclic) bond motifs is 3. The highest BCUT2D eigenvalue weighted by Gasteiger charge is 2.39. The largest absolute Gasteiger partial charge is 0.103 e. The summed E-state index contributed by atoms with van der Waals surface area (Å²) in [6.07, 6.45) is 7.54. The molecule has 0 spiro atoms. The first-order valence-electron chi connectivity index (χ1n) is 5.89. The van der Waals surface area contributed by atoms with E-state index in [9.17, 15) is 0 Å². The van der Waals surface area contributed by atoms with Crippen molar-refractivity contribution in [3.63, 3.8) is 0 Å². The Kier molecular flexibility index (Phi) is 2.02. The minimum atomic E-state index is 0.727. The van der Waals surface area contributed by atoms with Crippen LogP contribution >= 0.6 is 0 Å². The van der Waals surface area contributed by atoms with E-state index in [-0.39, 0.29) is 0 Å². The summed E-state index contributed by atoms with van der Waals surface area (Å²) in [5.41, 5.74) is 0. The van der Waals surface area contributed by atoms with E-state index in [1.54, 1.807) is 0 Å². The first-order chi connectivity index (χ1) is 6.95. The second kappa shape index (κ2) is 3.36. The average molecular weight is 184 g/mol. The minimum absolute atomic E-state index is 0.727. The van der Waals surface area contributed by atoms with Gasteiger partial charge in [-0.2, -0.15) is 0 Å². The van der Waals surface area contributed by atoms with Gasteiger partial charge in [0.15, 0.2) is 0 Å². The maximum atomic E-state index is 3.46. The van der Waals surface area contributed by atoms with E-state index in [0.717, 1.165) is 36.5 Å². The van der Waals surface area contributed by atoms with Crippen LogP contribution < -0.4 is 0 Å². The molecule has 0 radical (unpaired) electrons. The van der Waals surface area contributed by atoms with Crippen molar-refractivity contribution in [2.75, 3.05) is 0 Å². The van der Waals surface area contributed by atoms with Gasteiger partial charge < -0.3 is 0 Å². The Morgan fingerprint density at radius 3 is 2.71 bits per heavy atom. The van der Waals surface area contributed by atoms with Crippen molar-refractivity contribution < 1.29 is 0 Å². The van der Waals surface area contributed by atoms with Crippen molar-refractivity contribution in [1.82, 2.24) is 0 Å². The standard InChI is InChI=1S/C14H16/c1-3-7-13-11(5-1)9-10-12-6-2-4-8-14(12)13/h11-14H,3,6-10H2/t11-,12+,13+,14-/m1/s1. The van der Waals surface area contributed by atoms with Crippen LogP contribution in [0.15, 0.2) is 0 Å². The van der Waals surface area contributed by atoms with E-state index in [1.807, 2.05) is 0 Å². The molecule has 0 unspecified atom stereocenters. The fraction of sp³-hybridized carbons (Fsp3) is 0.714. The van der Waals surface area contributed by atoms with E-state index in [0.29, 0.717) is 0 Å². The lowest BCUT2D eigenvalue weighted by atomic mass is 9.61. The Balaban J connectivity index is 1.86. The van der Waals surface area contributed by atoms with Gasteiger partial charge in [0.05, 0.1) is 0 Å². The number of rotatable bonds is 0. The van der Waals surface area contributed by atoms with Crippen LogP contribution in [0.2, 0.25) is 0 Å². The summed E-state index contributed by atoms with van der Waals surface area (Å²) in [5, 5.41) is 0. The Morgan fingerprint density at radius 1 is 0.786 bits per heavy atom. The minimum Gasteiger partial charge on any atom is -0.103 e. The van der Waals surface area contributed by atoms with Crippen LogP contribution in [0, 0.1) is 47.4 Å². The van der Waals surface area contributed by atoms with Gasteiger partial charge in [-0.25, -0.2) is 0 Å². The molecule has 0 heteroatoms. The highest BCUT2D eigenvalue weighted by molar-refractivity contribution is 5.16. The van der Waals surface area contributed by atoms with Gasteiger partial charge in [-0.3, -0.25) is 0 Å². The van der Waals surface area contributed by atoms with Gasteiger partial charge in [0.2, 0.25) is 0 Å². The van der Waals surface area contributed by atoms with Crippen molar-refractivity contribution in [2.45, 2.75) is 38.5 Å². The maximum Gasteiger partial charge on any atom is 0.0234 e. The third kappa shape index (κ3) is 1.26. The molecule has 0 heterocycles. The molecule has 0 aromatic carbocycles. The highest BCUT2D eigenvalue weighted by atomic mass is 14.4. The highest BCUT2D eigenvalue weighted by Crippen LogP contribution is 2.45. The molecular formula is C14H16. The molecule has 1 saturated carbocycles. The van der Waals surface area contributed by atoms with Gasteiger partial charge in [-0.1, -0.05) is 5.92 Å². The molecular weight excluding hydrogens is 168 g/mol. The zero-order valence-electron chi connectivity index (χ0n) is 8.55. The zero-order valence-corrected chi connectivity index (χ0v) is 8.55. The Hall–Kier alpha value is -0.880. The van der Waals surface area contributed by atoms with Gasteiger partial charge in [0, 0.05) is 25.2 Å². The summed E-state index contributed by atoms with van der Waals surface area (Å²) >= 11 is 0. The fourth-order valence-electron chi connectivity index (χ4n) is 3.47. The summed E-state index contributed by atoms with van der Waals surface area (Å²) in [4.78, 5) is 0. The van der Waals surface area contributed by atoms with Crippen LogP contribution in [0.5, 0.6) is 0 Å². The molecule has 0 N–H and O–H groups in total. The van der Waals surface area contributed by atoms with Crippen molar-refractivity contribution in [2.24, 2.45) is 23.7 Å². The molecule has 1 fully saturated rings. The maximum absolute atomic E-state index is 3.46. The van der Waals surface area contributed by atoms with Crippen molar-refractivity contribution >= 4 is 0 Å². The van der Waals surface area contributed by atoms with Crippen molar-refractivity contribution in [3.05, 3.63) is 0 Å². The van der Waals surface area contributed by atoms with Crippen LogP contribution in [0.25, 0.3) is 0 Å². The second-order valence-corrected chi connectivity index (χ2v) is 4.89. The van der Waals surface area contributed by atoms with Crippen LogP contribution in [-0.4, -0.2) is 0 Å². The lowest BCUT2D eigenvalue weighted by Gasteiger charge is -2.42. The van der Waals surface area contributed by atoms with Crippen LogP contribution in [-0.2, 0) is 0 Å². The van der Waals surface area contributed by atoms with E-state index < -0.39 is 0 Å². The molecule has 72 valence electrons. The van der Waals surface area contributed by atoms with E-state index in [4.69, 9.17) is 0 Å². The molecule has 0 aromatic heterocycles. The second-order valence-electron chi connectivity index (χ2n) is 4.89. The van der Waals surface area contributed by atoms with Gasteiger partial charge >= 0.3 is 0 Å². The predicted molar refractivity (Wildman–Crippen MR) is 57.2 cm³/mol. The molecule has 4 atom stereocenters. The molecule has 0 aromatic rings. The first kappa shape index (κ1) is 8.43. The molecule has 3 aliphatic carbocycles. The zero-order chi connectivity index (χ0) is 9.38. The quantitative estimate of drug-likeness (QED) is 0.508. The predicted octanol–water partition coefficient (Wildman–Crippen LogP) is 2.84. The lowest BCUT2D eigenvalue weighted by molar-refractivity contribution is 0.110. The SMILES string of the molecule is C1#C[C@@H]2CC[C@@H]3CC#CC[C@H]3[C@H]2CC1. The summed E-state index contributed by atoms with van der Waals surface area (Å²) in [7, 11) is 0. The monoisotopic (exact) mass is 184 g/mol. The molecule has 3 rings (SSSR count). The first-order valence-corrected chi connectivity index (χ1v) is 5.89. The summed E-state index contributed by atoms with van der Waals surface area (Å²) < 4.78 is 0. The smallest absolute Gasteiger partial charge is 0.0234 e. The Bertz CT molecular complexity index is 344. The summed E-state index contributed by atoms with van der Waals surface area (Å²) in [5.74, 6) is 16.8. The number of hydrogen-bond acceptors (Lipinski definition) is 0. The molecule has 14 heavy (non-hydrogen) atoms. The third-order valence-corrected chi connectivity index (χ3v) is 4.24. The van der Waals surface area contributed by atoms with Crippen molar-refractivity contribution in [3.8, 4) is 23.7 Å². The molecule has 0 aliphatic heterocycles. The van der Waals surface area contributed by atoms with Crippen LogP contribution in [0.4, 0.5) is 0 Å². The topological polar surface area (TPSA) is 0 Å². The van der Waals surface area contributed by atoms with Gasteiger partial charge in [0.25, 0.3) is 0 Å². The molecule has 3 aliphatic rings. The van der Waals surface area contributed by atoms with Gasteiger partial charge in [-0.05, 0) is 37.0 Å². The normalized spacial score (nSPS) is 43.4. The van der Waals surface area contributed by atoms with Gasteiger partial charge in [-0.15, -0.1) is 17.8 Å². The van der Waals surface area contributed by atoms with E-state index in [2.05, 4.69) is 23.7 Å². The Morgan fingerprint density at radius 2 is 1.71 bits per heavy atom. The van der Waals surface area contributed by atoms with Crippen molar-refractivity contribution in [1.29, 1.82) is 0 Å². The lowest BCUT2D eigenvalue weighted by Crippen LogP contribution is -2.36. The summed E-state index contributed by atoms with van der Waals surface area (Å²) in [6, 6.07) is 0. The van der Waals surface area contributed by atoms with Gasteiger partial charge in [0.1, 0.15) is 0 Å². The van der Waals surface area contributed by atoms with Crippen LogP contribution in [0.3, 0.4) is 0 Å².